The van der Waals surface area contributed by atoms with E-state index in [-0.39, 0.29) is 29.9 Å². The topological polar surface area (TPSA) is 93.5 Å². The number of ether oxygens (including phenoxy) is 1. The van der Waals surface area contributed by atoms with E-state index in [9.17, 15) is 14.0 Å². The Morgan fingerprint density at radius 2 is 1.97 bits per heavy atom. The third kappa shape index (κ3) is 6.17. The predicted octanol–water partition coefficient (Wildman–Crippen LogP) is 5.19. The van der Waals surface area contributed by atoms with Crippen molar-refractivity contribution in [3.63, 3.8) is 0 Å². The molecule has 0 bridgehead atoms. The van der Waals surface area contributed by atoms with Gasteiger partial charge in [0.15, 0.2) is 17.3 Å². The SMILES string of the molecule is O=C(/C=C/c1ccc(Oc2cccnc2)c(F)c1)NCc1cccc(NC(=O)c2ccco2)c1. The molecule has 0 atom stereocenters. The maximum absolute atomic E-state index is 14.3. The molecule has 0 radical (unpaired) electrons. The number of carbonyl (C=O) groups excluding carboxylic acids is 2. The summed E-state index contributed by atoms with van der Waals surface area (Å²) >= 11 is 0. The summed E-state index contributed by atoms with van der Waals surface area (Å²) in [4.78, 5) is 28.2. The molecule has 0 aliphatic carbocycles. The quantitative estimate of drug-likeness (QED) is 0.355. The Bertz CT molecular complexity index is 1300. The average molecular weight is 457 g/mol. The largest absolute Gasteiger partial charge is 0.459 e. The number of hydrogen-bond acceptors (Lipinski definition) is 5. The van der Waals surface area contributed by atoms with Crippen molar-refractivity contribution >= 4 is 23.6 Å². The molecule has 2 N–H and O–H groups in total. The number of halogens is 1. The Morgan fingerprint density at radius 3 is 2.74 bits per heavy atom. The van der Waals surface area contributed by atoms with Crippen molar-refractivity contribution in [2.75, 3.05) is 5.32 Å². The molecule has 170 valence electrons. The molecule has 0 fully saturated rings. The molecule has 7 nitrogen and oxygen atoms in total. The van der Waals surface area contributed by atoms with Crippen molar-refractivity contribution in [2.45, 2.75) is 6.54 Å². The monoisotopic (exact) mass is 457 g/mol. The molecule has 0 aliphatic rings. The van der Waals surface area contributed by atoms with Crippen molar-refractivity contribution in [3.05, 3.63) is 114 Å². The van der Waals surface area contributed by atoms with Gasteiger partial charge in [-0.25, -0.2) is 4.39 Å². The van der Waals surface area contributed by atoms with Crippen LogP contribution < -0.4 is 15.4 Å². The molecule has 2 aromatic heterocycles. The fourth-order valence-electron chi connectivity index (χ4n) is 3.02. The molecule has 0 saturated heterocycles. The molecule has 8 heteroatoms. The molecule has 0 saturated carbocycles. The summed E-state index contributed by atoms with van der Waals surface area (Å²) in [5, 5.41) is 5.49. The smallest absolute Gasteiger partial charge is 0.291 e. The molecule has 2 amide bonds. The molecule has 4 rings (SSSR count). The number of nitrogens with zero attached hydrogens (tertiary/aromatic N) is 1. The van der Waals surface area contributed by atoms with Gasteiger partial charge < -0.3 is 19.8 Å². The van der Waals surface area contributed by atoms with Crippen LogP contribution in [0.2, 0.25) is 0 Å². The van der Waals surface area contributed by atoms with Crippen LogP contribution >= 0.6 is 0 Å². The number of pyridine rings is 1. The summed E-state index contributed by atoms with van der Waals surface area (Å²) in [5.41, 5.74) is 1.88. The Labute approximate surface area is 194 Å². The first-order chi connectivity index (χ1) is 16.6. The summed E-state index contributed by atoms with van der Waals surface area (Å²) < 4.78 is 24.9. The highest BCUT2D eigenvalue weighted by Gasteiger charge is 2.09. The highest BCUT2D eigenvalue weighted by molar-refractivity contribution is 6.02. The number of hydrogen-bond donors (Lipinski definition) is 2. The summed E-state index contributed by atoms with van der Waals surface area (Å²) in [5.74, 6) is -0.571. The fraction of sp³-hybridized carbons (Fsp3) is 0.0385. The van der Waals surface area contributed by atoms with E-state index in [0.29, 0.717) is 17.0 Å². The van der Waals surface area contributed by atoms with Gasteiger partial charge in [-0.3, -0.25) is 14.6 Å². The fourth-order valence-corrected chi connectivity index (χ4v) is 3.02. The van der Waals surface area contributed by atoms with Crippen LogP contribution in [0.25, 0.3) is 6.08 Å². The van der Waals surface area contributed by atoms with Gasteiger partial charge in [0, 0.05) is 24.5 Å². The number of nitrogens with one attached hydrogen (secondary N) is 2. The van der Waals surface area contributed by atoms with Crippen LogP contribution in [-0.2, 0) is 11.3 Å². The Morgan fingerprint density at radius 1 is 1.06 bits per heavy atom. The van der Waals surface area contributed by atoms with Crippen molar-refractivity contribution in [3.8, 4) is 11.5 Å². The molecule has 0 aliphatic heterocycles. The van der Waals surface area contributed by atoms with Gasteiger partial charge >= 0.3 is 0 Å². The second kappa shape index (κ2) is 10.7. The number of aromatic nitrogens is 1. The maximum Gasteiger partial charge on any atom is 0.291 e. The van der Waals surface area contributed by atoms with E-state index >= 15 is 0 Å². The number of anilines is 1. The van der Waals surface area contributed by atoms with Gasteiger partial charge in [0.1, 0.15) is 5.75 Å². The van der Waals surface area contributed by atoms with E-state index in [4.69, 9.17) is 9.15 Å². The highest BCUT2D eigenvalue weighted by atomic mass is 19.1. The minimum Gasteiger partial charge on any atom is -0.459 e. The van der Waals surface area contributed by atoms with Gasteiger partial charge in [-0.1, -0.05) is 18.2 Å². The summed E-state index contributed by atoms with van der Waals surface area (Å²) in [7, 11) is 0. The molecular weight excluding hydrogens is 437 g/mol. The van der Waals surface area contributed by atoms with E-state index in [2.05, 4.69) is 15.6 Å². The third-order valence-corrected chi connectivity index (χ3v) is 4.64. The van der Waals surface area contributed by atoms with Crippen molar-refractivity contribution < 1.29 is 23.1 Å². The summed E-state index contributed by atoms with van der Waals surface area (Å²) in [6.45, 7) is 0.250. The molecule has 0 spiro atoms. The molecule has 0 unspecified atom stereocenters. The summed E-state index contributed by atoms with van der Waals surface area (Å²) in [6.07, 6.45) is 7.33. The highest BCUT2D eigenvalue weighted by Crippen LogP contribution is 2.24. The Balaban J connectivity index is 1.30. The van der Waals surface area contributed by atoms with E-state index in [1.807, 2.05) is 6.07 Å². The molecule has 2 aromatic carbocycles. The molecular formula is C26H20FN3O4. The van der Waals surface area contributed by atoms with E-state index in [0.717, 1.165) is 5.56 Å². The van der Waals surface area contributed by atoms with Gasteiger partial charge in [-0.2, -0.15) is 0 Å². The van der Waals surface area contributed by atoms with E-state index in [1.165, 1.54) is 36.7 Å². The van der Waals surface area contributed by atoms with Crippen LogP contribution in [0, 0.1) is 5.82 Å². The lowest BCUT2D eigenvalue weighted by Crippen LogP contribution is -2.20. The van der Waals surface area contributed by atoms with E-state index in [1.54, 1.807) is 54.7 Å². The Kier molecular flexibility index (Phi) is 7.09. The van der Waals surface area contributed by atoms with Crippen LogP contribution in [0.1, 0.15) is 21.7 Å². The number of benzene rings is 2. The normalized spacial score (nSPS) is 10.7. The minimum absolute atomic E-state index is 0.0635. The second-order valence-corrected chi connectivity index (χ2v) is 7.16. The molecule has 2 heterocycles. The van der Waals surface area contributed by atoms with Gasteiger partial charge in [-0.05, 0) is 65.7 Å². The maximum atomic E-state index is 14.3. The van der Waals surface area contributed by atoms with Crippen molar-refractivity contribution in [2.24, 2.45) is 0 Å². The Hall–Kier alpha value is -4.72. The number of furan rings is 1. The predicted molar refractivity (Wildman–Crippen MR) is 125 cm³/mol. The number of amides is 2. The van der Waals surface area contributed by atoms with Gasteiger partial charge in [-0.15, -0.1) is 0 Å². The lowest BCUT2D eigenvalue weighted by molar-refractivity contribution is -0.116. The van der Waals surface area contributed by atoms with E-state index < -0.39 is 5.82 Å². The van der Waals surface area contributed by atoms with Crippen molar-refractivity contribution in [1.29, 1.82) is 0 Å². The van der Waals surface area contributed by atoms with Gasteiger partial charge in [0.25, 0.3) is 5.91 Å². The van der Waals surface area contributed by atoms with Crippen LogP contribution in [0.15, 0.2) is 95.9 Å². The van der Waals surface area contributed by atoms with Gasteiger partial charge in [0.2, 0.25) is 5.91 Å². The lowest BCUT2D eigenvalue weighted by atomic mass is 10.2. The van der Waals surface area contributed by atoms with Crippen LogP contribution in [0.3, 0.4) is 0 Å². The summed E-state index contributed by atoms with van der Waals surface area (Å²) in [6, 6.07) is 18.1. The minimum atomic E-state index is -0.556. The first-order valence-corrected chi connectivity index (χ1v) is 10.3. The molecule has 34 heavy (non-hydrogen) atoms. The zero-order valence-corrected chi connectivity index (χ0v) is 17.9. The third-order valence-electron chi connectivity index (χ3n) is 4.64. The molecule has 4 aromatic rings. The standard InChI is InChI=1S/C26H20FN3O4/c27-22-15-18(8-10-23(22)34-21-6-2-12-28-17-21)9-11-25(31)29-16-19-4-1-5-20(14-19)30-26(32)24-7-3-13-33-24/h1-15,17H,16H2,(H,29,31)(H,30,32)/b11-9+. The lowest BCUT2D eigenvalue weighted by Gasteiger charge is -2.07. The first kappa shape index (κ1) is 22.5. The van der Waals surface area contributed by atoms with Crippen LogP contribution in [0.5, 0.6) is 11.5 Å². The second-order valence-electron chi connectivity index (χ2n) is 7.16. The zero-order valence-electron chi connectivity index (χ0n) is 17.9. The van der Waals surface area contributed by atoms with Crippen LogP contribution in [-0.4, -0.2) is 16.8 Å². The average Bonchev–Trinajstić information content (AvgIpc) is 3.39. The first-order valence-electron chi connectivity index (χ1n) is 10.3. The van der Waals surface area contributed by atoms with Crippen molar-refractivity contribution in [1.82, 2.24) is 10.3 Å². The number of carbonyl (C=O) groups is 2. The zero-order chi connectivity index (χ0) is 23.8. The van der Waals surface area contributed by atoms with Crippen LogP contribution in [0.4, 0.5) is 10.1 Å². The van der Waals surface area contributed by atoms with Gasteiger partial charge in [0.05, 0.1) is 12.5 Å². The number of rotatable bonds is 8.